The lowest BCUT2D eigenvalue weighted by Gasteiger charge is -2.18. The first-order chi connectivity index (χ1) is 10.1. The number of guanidine groups is 1. The summed E-state index contributed by atoms with van der Waals surface area (Å²) in [4.78, 5) is 4.12. The zero-order chi connectivity index (χ0) is 15.2. The minimum Gasteiger partial charge on any atom is -0.490 e. The molecule has 0 bridgehead atoms. The van der Waals surface area contributed by atoms with Gasteiger partial charge in [0.05, 0.1) is 12.6 Å². The third kappa shape index (κ3) is 4.62. The molecule has 0 spiro atoms. The van der Waals surface area contributed by atoms with Gasteiger partial charge in [-0.05, 0) is 50.3 Å². The lowest BCUT2D eigenvalue weighted by atomic mass is 10.1. The molecule has 1 aromatic rings. The maximum atomic E-state index is 14.1. The van der Waals surface area contributed by atoms with E-state index in [1.807, 2.05) is 19.9 Å². The summed E-state index contributed by atoms with van der Waals surface area (Å²) in [6.45, 7) is 5.39. The normalized spacial score (nSPS) is 16.5. The fourth-order valence-corrected chi connectivity index (χ4v) is 2.05. The maximum absolute atomic E-state index is 14.1. The highest BCUT2D eigenvalue weighted by atomic mass is 19.1. The molecule has 1 aliphatic rings. The van der Waals surface area contributed by atoms with E-state index in [0.29, 0.717) is 24.2 Å². The molecule has 0 heterocycles. The Balaban J connectivity index is 1.97. The standard InChI is InChI=1S/C16H24FN3O/c1-4-19-16(18-3)20-11(2)13-7-8-15(14(17)9-13)21-10-12-5-6-12/h7-9,11-12H,4-6,10H2,1-3H3,(H2,18,19,20). The first-order valence-corrected chi connectivity index (χ1v) is 7.53. The number of rotatable bonds is 6. The van der Waals surface area contributed by atoms with Crippen molar-refractivity contribution in [3.05, 3.63) is 29.6 Å². The molecule has 1 aromatic carbocycles. The summed E-state index contributed by atoms with van der Waals surface area (Å²) in [6, 6.07) is 5.09. The Labute approximate surface area is 125 Å². The molecule has 5 heteroatoms. The van der Waals surface area contributed by atoms with Gasteiger partial charge in [0.25, 0.3) is 0 Å². The fraction of sp³-hybridized carbons (Fsp3) is 0.562. The van der Waals surface area contributed by atoms with Crippen LogP contribution in [0.4, 0.5) is 4.39 Å². The Morgan fingerprint density at radius 3 is 2.81 bits per heavy atom. The Morgan fingerprint density at radius 1 is 1.48 bits per heavy atom. The van der Waals surface area contributed by atoms with Gasteiger partial charge in [0.1, 0.15) is 0 Å². The molecule has 116 valence electrons. The second kappa shape index (κ2) is 7.29. The molecule has 2 N–H and O–H groups in total. The average Bonchev–Trinajstić information content (AvgIpc) is 3.29. The highest BCUT2D eigenvalue weighted by Crippen LogP contribution is 2.30. The second-order valence-electron chi connectivity index (χ2n) is 5.41. The molecular weight excluding hydrogens is 269 g/mol. The van der Waals surface area contributed by atoms with Crippen LogP contribution in [0.25, 0.3) is 0 Å². The molecule has 21 heavy (non-hydrogen) atoms. The number of hydrogen-bond acceptors (Lipinski definition) is 2. The minimum absolute atomic E-state index is 0.0327. The van der Waals surface area contributed by atoms with Gasteiger partial charge in [-0.1, -0.05) is 6.07 Å². The van der Waals surface area contributed by atoms with Gasteiger partial charge in [0, 0.05) is 13.6 Å². The number of halogens is 1. The molecule has 1 unspecified atom stereocenters. The molecule has 1 atom stereocenters. The molecule has 1 fully saturated rings. The van der Waals surface area contributed by atoms with Gasteiger partial charge in [0.2, 0.25) is 0 Å². The largest absolute Gasteiger partial charge is 0.490 e. The van der Waals surface area contributed by atoms with Gasteiger partial charge in [0.15, 0.2) is 17.5 Å². The van der Waals surface area contributed by atoms with E-state index in [1.54, 1.807) is 13.1 Å². The first kappa shape index (κ1) is 15.6. The molecular formula is C16H24FN3O. The summed E-state index contributed by atoms with van der Waals surface area (Å²) in [5.74, 6) is 1.36. The smallest absolute Gasteiger partial charge is 0.191 e. The topological polar surface area (TPSA) is 45.7 Å². The number of ether oxygens (including phenoxy) is 1. The van der Waals surface area contributed by atoms with Crippen molar-refractivity contribution in [1.82, 2.24) is 10.6 Å². The van der Waals surface area contributed by atoms with E-state index < -0.39 is 0 Å². The number of nitrogens with zero attached hydrogens (tertiary/aromatic N) is 1. The predicted octanol–water partition coefficient (Wildman–Crippen LogP) is 2.86. The van der Waals surface area contributed by atoms with Gasteiger partial charge in [-0.3, -0.25) is 4.99 Å². The van der Waals surface area contributed by atoms with Crippen molar-refractivity contribution in [1.29, 1.82) is 0 Å². The van der Waals surface area contributed by atoms with E-state index in [-0.39, 0.29) is 11.9 Å². The monoisotopic (exact) mass is 293 g/mol. The van der Waals surface area contributed by atoms with Crippen LogP contribution in [0.5, 0.6) is 5.75 Å². The van der Waals surface area contributed by atoms with Gasteiger partial charge >= 0.3 is 0 Å². The maximum Gasteiger partial charge on any atom is 0.191 e. The van der Waals surface area contributed by atoms with Crippen LogP contribution < -0.4 is 15.4 Å². The lowest BCUT2D eigenvalue weighted by Crippen LogP contribution is -2.38. The van der Waals surface area contributed by atoms with E-state index in [2.05, 4.69) is 15.6 Å². The van der Waals surface area contributed by atoms with Crippen LogP contribution in [-0.2, 0) is 0 Å². The van der Waals surface area contributed by atoms with E-state index in [4.69, 9.17) is 4.74 Å². The fourth-order valence-electron chi connectivity index (χ4n) is 2.05. The number of aliphatic imine (C=N–C) groups is 1. The molecule has 0 saturated heterocycles. The molecule has 0 amide bonds. The first-order valence-electron chi connectivity index (χ1n) is 7.53. The molecule has 0 radical (unpaired) electrons. The van der Waals surface area contributed by atoms with Crippen LogP contribution in [0.1, 0.15) is 38.3 Å². The van der Waals surface area contributed by atoms with E-state index >= 15 is 0 Å². The van der Waals surface area contributed by atoms with Crippen LogP contribution in [0, 0.1) is 11.7 Å². The summed E-state index contributed by atoms with van der Waals surface area (Å²) in [5, 5.41) is 6.34. The Morgan fingerprint density at radius 2 is 2.24 bits per heavy atom. The molecule has 4 nitrogen and oxygen atoms in total. The molecule has 1 aliphatic carbocycles. The van der Waals surface area contributed by atoms with Crippen molar-refractivity contribution in [3.8, 4) is 5.75 Å². The molecule has 1 saturated carbocycles. The van der Waals surface area contributed by atoms with Crippen molar-refractivity contribution in [2.75, 3.05) is 20.2 Å². The third-order valence-electron chi connectivity index (χ3n) is 3.55. The Bertz CT molecular complexity index is 500. The van der Waals surface area contributed by atoms with Crippen molar-refractivity contribution in [3.63, 3.8) is 0 Å². The minimum atomic E-state index is -0.305. The molecule has 0 aromatic heterocycles. The lowest BCUT2D eigenvalue weighted by molar-refractivity contribution is 0.285. The summed E-state index contributed by atoms with van der Waals surface area (Å²) in [7, 11) is 1.72. The SMILES string of the molecule is CCNC(=NC)NC(C)c1ccc(OCC2CC2)c(F)c1. The van der Waals surface area contributed by atoms with Crippen LogP contribution in [0.3, 0.4) is 0 Å². The van der Waals surface area contributed by atoms with E-state index in [0.717, 1.165) is 12.1 Å². The van der Waals surface area contributed by atoms with Gasteiger partial charge in [-0.15, -0.1) is 0 Å². The zero-order valence-corrected chi connectivity index (χ0v) is 12.9. The summed E-state index contributed by atoms with van der Waals surface area (Å²) in [6.07, 6.45) is 2.40. The van der Waals surface area contributed by atoms with Gasteiger partial charge in [-0.25, -0.2) is 4.39 Å². The van der Waals surface area contributed by atoms with Crippen LogP contribution in [-0.4, -0.2) is 26.2 Å². The Kier molecular flexibility index (Phi) is 5.42. The second-order valence-corrected chi connectivity index (χ2v) is 5.41. The number of hydrogen-bond donors (Lipinski definition) is 2. The number of benzene rings is 1. The van der Waals surface area contributed by atoms with Crippen molar-refractivity contribution < 1.29 is 9.13 Å². The number of nitrogens with one attached hydrogen (secondary N) is 2. The van der Waals surface area contributed by atoms with Crippen LogP contribution >= 0.6 is 0 Å². The van der Waals surface area contributed by atoms with E-state index in [1.165, 1.54) is 18.9 Å². The van der Waals surface area contributed by atoms with Gasteiger partial charge < -0.3 is 15.4 Å². The highest BCUT2D eigenvalue weighted by Gasteiger charge is 2.22. The van der Waals surface area contributed by atoms with Crippen LogP contribution in [0.15, 0.2) is 23.2 Å². The average molecular weight is 293 g/mol. The molecule has 2 rings (SSSR count). The van der Waals surface area contributed by atoms with Crippen molar-refractivity contribution in [2.45, 2.75) is 32.7 Å². The summed E-state index contributed by atoms with van der Waals surface area (Å²) < 4.78 is 19.6. The van der Waals surface area contributed by atoms with E-state index in [9.17, 15) is 4.39 Å². The molecule has 0 aliphatic heterocycles. The Hall–Kier alpha value is -1.78. The van der Waals surface area contributed by atoms with Gasteiger partial charge in [-0.2, -0.15) is 0 Å². The summed E-state index contributed by atoms with van der Waals surface area (Å²) >= 11 is 0. The van der Waals surface area contributed by atoms with Crippen molar-refractivity contribution in [2.24, 2.45) is 10.9 Å². The van der Waals surface area contributed by atoms with Crippen LogP contribution in [0.2, 0.25) is 0 Å². The zero-order valence-electron chi connectivity index (χ0n) is 12.9. The van der Waals surface area contributed by atoms with Crippen molar-refractivity contribution >= 4 is 5.96 Å². The predicted molar refractivity (Wildman–Crippen MR) is 83.2 cm³/mol. The highest BCUT2D eigenvalue weighted by molar-refractivity contribution is 5.80. The summed E-state index contributed by atoms with van der Waals surface area (Å²) in [5.41, 5.74) is 0.866. The quantitative estimate of drug-likeness (QED) is 0.626. The third-order valence-corrected chi connectivity index (χ3v) is 3.55.